The largest absolute Gasteiger partial charge is 0.353 e. The predicted octanol–water partition coefficient (Wildman–Crippen LogP) is -0.0903. The van der Waals surface area contributed by atoms with Gasteiger partial charge in [0, 0.05) is 19.1 Å². The minimum absolute atomic E-state index is 0.0517. The molecule has 1 aliphatic heterocycles. The number of hydrogen-bond donors (Lipinski definition) is 1. The summed E-state index contributed by atoms with van der Waals surface area (Å²) in [5.41, 5.74) is 0. The zero-order chi connectivity index (χ0) is 13.7. The van der Waals surface area contributed by atoms with Crippen LogP contribution in [0.4, 0.5) is 0 Å². The van der Waals surface area contributed by atoms with Crippen LogP contribution in [0.1, 0.15) is 26.7 Å². The number of carbonyl (C=O) groups is 1. The Bertz CT molecular complexity index is 393. The lowest BCUT2D eigenvalue weighted by Gasteiger charge is -2.35. The van der Waals surface area contributed by atoms with Crippen LogP contribution in [-0.2, 0) is 11.3 Å². The van der Waals surface area contributed by atoms with Gasteiger partial charge in [0.05, 0.1) is 0 Å². The molecule has 1 amide bonds. The number of rotatable bonds is 5. The quantitative estimate of drug-likeness (QED) is 0.806. The second-order valence-electron chi connectivity index (χ2n) is 5.40. The van der Waals surface area contributed by atoms with Gasteiger partial charge in [-0.1, -0.05) is 6.92 Å². The van der Waals surface area contributed by atoms with Gasteiger partial charge in [-0.2, -0.15) is 0 Å². The number of amides is 1. The molecule has 0 saturated carbocycles. The number of nitrogens with zero attached hydrogens (tertiary/aromatic N) is 5. The van der Waals surface area contributed by atoms with E-state index in [1.807, 2.05) is 0 Å². The van der Waals surface area contributed by atoms with Gasteiger partial charge in [-0.05, 0) is 42.7 Å². The molecule has 1 N–H and O–H groups in total. The van der Waals surface area contributed by atoms with Crippen LogP contribution in [0.5, 0.6) is 0 Å². The number of likely N-dealkylation sites (tertiary alicyclic amines) is 1. The average Bonchev–Trinajstić information content (AvgIpc) is 2.88. The van der Waals surface area contributed by atoms with Gasteiger partial charge in [0.15, 0.2) is 0 Å². The Morgan fingerprint density at radius 1 is 1.58 bits per heavy atom. The highest BCUT2D eigenvalue weighted by atomic mass is 16.2. The second-order valence-corrected chi connectivity index (χ2v) is 5.40. The molecule has 2 unspecified atom stereocenters. The molecule has 0 spiro atoms. The second kappa shape index (κ2) is 6.60. The highest BCUT2D eigenvalue weighted by molar-refractivity contribution is 5.75. The van der Waals surface area contributed by atoms with E-state index in [2.05, 4.69) is 39.6 Å². The fourth-order valence-electron chi connectivity index (χ4n) is 2.47. The van der Waals surface area contributed by atoms with Crippen LogP contribution >= 0.6 is 0 Å². The van der Waals surface area contributed by atoms with E-state index >= 15 is 0 Å². The zero-order valence-corrected chi connectivity index (χ0v) is 11.6. The molecule has 0 radical (unpaired) electrons. The van der Waals surface area contributed by atoms with Gasteiger partial charge in [0.25, 0.3) is 0 Å². The summed E-state index contributed by atoms with van der Waals surface area (Å²) in [7, 11) is 0. The lowest BCUT2D eigenvalue weighted by atomic mass is 9.99. The highest BCUT2D eigenvalue weighted by Gasteiger charge is 2.21. The SMILES string of the molecule is CC1CCCN(C(C)CNC(=O)Cn2cnnn2)C1. The lowest BCUT2D eigenvalue weighted by Crippen LogP contribution is -2.46. The summed E-state index contributed by atoms with van der Waals surface area (Å²) >= 11 is 0. The van der Waals surface area contributed by atoms with E-state index in [1.165, 1.54) is 23.9 Å². The van der Waals surface area contributed by atoms with Crippen molar-refractivity contribution in [2.75, 3.05) is 19.6 Å². The molecule has 2 atom stereocenters. The van der Waals surface area contributed by atoms with Crippen molar-refractivity contribution in [2.45, 2.75) is 39.3 Å². The fraction of sp³-hybridized carbons (Fsp3) is 0.833. The third-order valence-corrected chi connectivity index (χ3v) is 3.60. The standard InChI is InChI=1S/C12H22N6O/c1-10-4-3-5-17(7-10)11(2)6-13-12(19)8-18-9-14-15-16-18/h9-11H,3-8H2,1-2H3,(H,13,19). The van der Waals surface area contributed by atoms with Crippen molar-refractivity contribution >= 4 is 5.91 Å². The summed E-state index contributed by atoms with van der Waals surface area (Å²) in [6, 6.07) is 0.376. The van der Waals surface area contributed by atoms with Gasteiger partial charge < -0.3 is 5.32 Å². The van der Waals surface area contributed by atoms with Crippen molar-refractivity contribution in [3.05, 3.63) is 6.33 Å². The molecule has 1 saturated heterocycles. The topological polar surface area (TPSA) is 75.9 Å². The molecule has 1 aliphatic rings. The Labute approximate surface area is 113 Å². The molecule has 0 aromatic carbocycles. The maximum Gasteiger partial charge on any atom is 0.241 e. The van der Waals surface area contributed by atoms with E-state index in [-0.39, 0.29) is 12.5 Å². The maximum absolute atomic E-state index is 11.7. The van der Waals surface area contributed by atoms with Crippen LogP contribution in [0.25, 0.3) is 0 Å². The molecule has 1 aromatic rings. The molecule has 7 nitrogen and oxygen atoms in total. The van der Waals surface area contributed by atoms with E-state index in [1.54, 1.807) is 0 Å². The molecule has 7 heteroatoms. The Morgan fingerprint density at radius 2 is 2.42 bits per heavy atom. The minimum Gasteiger partial charge on any atom is -0.353 e. The number of tetrazole rings is 1. The Balaban J connectivity index is 1.70. The first-order chi connectivity index (χ1) is 9.15. The molecule has 2 rings (SSSR count). The van der Waals surface area contributed by atoms with Crippen molar-refractivity contribution in [3.63, 3.8) is 0 Å². The third kappa shape index (κ3) is 4.27. The fourth-order valence-corrected chi connectivity index (χ4v) is 2.47. The normalized spacial score (nSPS) is 22.1. The summed E-state index contributed by atoms with van der Waals surface area (Å²) in [5.74, 6) is 0.706. The van der Waals surface area contributed by atoms with Crippen LogP contribution in [0, 0.1) is 5.92 Å². The van der Waals surface area contributed by atoms with Crippen LogP contribution in [0.2, 0.25) is 0 Å². The van der Waals surface area contributed by atoms with Gasteiger partial charge >= 0.3 is 0 Å². The summed E-state index contributed by atoms with van der Waals surface area (Å²) in [6.45, 7) is 7.56. The molecular formula is C12H22N6O. The highest BCUT2D eigenvalue weighted by Crippen LogP contribution is 2.17. The average molecular weight is 266 g/mol. The Morgan fingerprint density at radius 3 is 3.11 bits per heavy atom. The Hall–Kier alpha value is -1.50. The molecule has 1 fully saturated rings. The number of hydrogen-bond acceptors (Lipinski definition) is 5. The van der Waals surface area contributed by atoms with Crippen LogP contribution < -0.4 is 5.32 Å². The molecule has 1 aromatic heterocycles. The van der Waals surface area contributed by atoms with Crippen molar-refractivity contribution < 1.29 is 4.79 Å². The van der Waals surface area contributed by atoms with E-state index in [0.29, 0.717) is 12.6 Å². The molecule has 0 bridgehead atoms. The molecule has 2 heterocycles. The maximum atomic E-state index is 11.7. The monoisotopic (exact) mass is 266 g/mol. The van der Waals surface area contributed by atoms with E-state index in [4.69, 9.17) is 0 Å². The number of nitrogens with one attached hydrogen (secondary N) is 1. The number of piperidine rings is 1. The van der Waals surface area contributed by atoms with Crippen molar-refractivity contribution in [1.29, 1.82) is 0 Å². The number of carbonyl (C=O) groups excluding carboxylic acids is 1. The van der Waals surface area contributed by atoms with Gasteiger partial charge in [0.2, 0.25) is 5.91 Å². The molecule has 19 heavy (non-hydrogen) atoms. The van der Waals surface area contributed by atoms with Crippen molar-refractivity contribution in [1.82, 2.24) is 30.4 Å². The summed E-state index contributed by atoms with van der Waals surface area (Å²) in [4.78, 5) is 14.2. The van der Waals surface area contributed by atoms with E-state index in [9.17, 15) is 4.79 Å². The summed E-state index contributed by atoms with van der Waals surface area (Å²) in [6.07, 6.45) is 4.01. The Kier molecular flexibility index (Phi) is 4.84. The van der Waals surface area contributed by atoms with Crippen molar-refractivity contribution in [3.8, 4) is 0 Å². The van der Waals surface area contributed by atoms with Crippen molar-refractivity contribution in [2.24, 2.45) is 5.92 Å². The van der Waals surface area contributed by atoms with Crippen LogP contribution in [0.3, 0.4) is 0 Å². The first-order valence-corrected chi connectivity index (χ1v) is 6.86. The smallest absolute Gasteiger partial charge is 0.241 e. The third-order valence-electron chi connectivity index (χ3n) is 3.60. The number of aromatic nitrogens is 4. The van der Waals surface area contributed by atoms with Gasteiger partial charge in [-0.25, -0.2) is 4.68 Å². The van der Waals surface area contributed by atoms with Crippen LogP contribution in [-0.4, -0.2) is 56.7 Å². The molecule has 0 aliphatic carbocycles. The minimum atomic E-state index is -0.0517. The predicted molar refractivity (Wildman–Crippen MR) is 70.3 cm³/mol. The van der Waals surface area contributed by atoms with E-state index in [0.717, 1.165) is 19.0 Å². The van der Waals surface area contributed by atoms with E-state index < -0.39 is 0 Å². The molecule has 106 valence electrons. The van der Waals surface area contributed by atoms with Crippen LogP contribution in [0.15, 0.2) is 6.33 Å². The first-order valence-electron chi connectivity index (χ1n) is 6.86. The van der Waals surface area contributed by atoms with Gasteiger partial charge in [-0.15, -0.1) is 5.10 Å². The summed E-state index contributed by atoms with van der Waals surface area (Å²) in [5, 5.41) is 13.6. The summed E-state index contributed by atoms with van der Waals surface area (Å²) < 4.78 is 1.42. The lowest BCUT2D eigenvalue weighted by molar-refractivity contribution is -0.122. The molecular weight excluding hydrogens is 244 g/mol. The van der Waals surface area contributed by atoms with Gasteiger partial charge in [-0.3, -0.25) is 9.69 Å². The van der Waals surface area contributed by atoms with Gasteiger partial charge in [0.1, 0.15) is 12.9 Å². The first kappa shape index (κ1) is 13.9. The zero-order valence-electron chi connectivity index (χ0n) is 11.6.